The highest BCUT2D eigenvalue weighted by Gasteiger charge is 2.19. The molecule has 0 aromatic carbocycles. The van der Waals surface area contributed by atoms with Gasteiger partial charge in [-0.1, -0.05) is 12.8 Å². The van der Waals surface area contributed by atoms with Gasteiger partial charge in [0.15, 0.2) is 3.01 Å². The van der Waals surface area contributed by atoms with E-state index in [1.807, 2.05) is 10.3 Å². The lowest BCUT2D eigenvalue weighted by Crippen LogP contribution is -2.32. The molecule has 1 aliphatic heterocycles. The lowest BCUT2D eigenvalue weighted by Gasteiger charge is -2.18. The molecule has 2 heterocycles. The molecule has 0 radical (unpaired) electrons. The van der Waals surface area contributed by atoms with Crippen molar-refractivity contribution in [2.24, 2.45) is 0 Å². The normalized spacial score (nSPS) is 17.5. The summed E-state index contributed by atoms with van der Waals surface area (Å²) in [7, 11) is 0. The minimum Gasteiger partial charge on any atom is -0.337 e. The lowest BCUT2D eigenvalue weighted by atomic mass is 10.2. The third-order valence-electron chi connectivity index (χ3n) is 2.59. The molecule has 0 spiro atoms. The van der Waals surface area contributed by atoms with Gasteiger partial charge in [-0.25, -0.2) is 4.98 Å². The predicted octanol–water partition coefficient (Wildman–Crippen LogP) is 2.76. The van der Waals surface area contributed by atoms with Crippen LogP contribution in [0.25, 0.3) is 0 Å². The number of nitrogens with zero attached hydrogens (tertiary/aromatic N) is 2. The second-order valence-corrected chi connectivity index (χ2v) is 6.30. The second-order valence-electron chi connectivity index (χ2n) is 3.69. The molecule has 5 heteroatoms. The van der Waals surface area contributed by atoms with E-state index in [1.165, 1.54) is 24.2 Å². The van der Waals surface area contributed by atoms with E-state index in [2.05, 4.69) is 27.6 Å². The summed E-state index contributed by atoms with van der Waals surface area (Å²) in [5, 5.41) is 1.86. The molecule has 82 valence electrons. The molecule has 0 unspecified atom stereocenters. The average Bonchev–Trinajstić information content (AvgIpc) is 2.53. The average molecular weight is 336 g/mol. The van der Waals surface area contributed by atoms with Crippen LogP contribution in [0.5, 0.6) is 0 Å². The van der Waals surface area contributed by atoms with E-state index in [4.69, 9.17) is 0 Å². The van der Waals surface area contributed by atoms with Crippen LogP contribution in [0, 0.1) is 3.01 Å². The largest absolute Gasteiger partial charge is 0.337 e. The first-order valence-corrected chi connectivity index (χ1v) is 7.13. The topological polar surface area (TPSA) is 33.2 Å². The molecule has 1 fully saturated rings. The Hall–Kier alpha value is -0.170. The highest BCUT2D eigenvalue weighted by Crippen LogP contribution is 2.16. The van der Waals surface area contributed by atoms with Crippen LogP contribution < -0.4 is 0 Å². The van der Waals surface area contributed by atoms with Gasteiger partial charge >= 0.3 is 0 Å². The van der Waals surface area contributed by atoms with Crippen molar-refractivity contribution in [2.75, 3.05) is 13.1 Å². The highest BCUT2D eigenvalue weighted by molar-refractivity contribution is 14.1. The van der Waals surface area contributed by atoms with Crippen molar-refractivity contribution in [3.05, 3.63) is 14.1 Å². The summed E-state index contributed by atoms with van der Waals surface area (Å²) in [6, 6.07) is 0. The van der Waals surface area contributed by atoms with Gasteiger partial charge in [-0.3, -0.25) is 4.79 Å². The Kier molecular flexibility index (Phi) is 3.96. The predicted molar refractivity (Wildman–Crippen MR) is 69.2 cm³/mol. The Bertz CT molecular complexity index is 345. The van der Waals surface area contributed by atoms with Crippen molar-refractivity contribution in [3.63, 3.8) is 0 Å². The van der Waals surface area contributed by atoms with Crippen LogP contribution >= 0.6 is 33.9 Å². The molecule has 1 aromatic heterocycles. The van der Waals surface area contributed by atoms with E-state index in [-0.39, 0.29) is 5.91 Å². The van der Waals surface area contributed by atoms with Gasteiger partial charge in [-0.05, 0) is 35.4 Å². The van der Waals surface area contributed by atoms with Gasteiger partial charge in [-0.15, -0.1) is 11.3 Å². The quantitative estimate of drug-likeness (QED) is 0.739. The zero-order valence-corrected chi connectivity index (χ0v) is 11.4. The summed E-state index contributed by atoms with van der Waals surface area (Å²) in [6.45, 7) is 1.79. The van der Waals surface area contributed by atoms with E-state index in [0.717, 1.165) is 28.9 Å². The molecular formula is C10H13IN2OS. The Morgan fingerprint density at radius 1 is 1.33 bits per heavy atom. The first kappa shape index (κ1) is 11.3. The lowest BCUT2D eigenvalue weighted by molar-refractivity contribution is 0.0756. The monoisotopic (exact) mass is 336 g/mol. The van der Waals surface area contributed by atoms with Crippen molar-refractivity contribution in [1.82, 2.24) is 9.88 Å². The number of thiazole rings is 1. The third kappa shape index (κ3) is 2.90. The molecule has 0 N–H and O–H groups in total. The molecule has 0 atom stereocenters. The van der Waals surface area contributed by atoms with Crippen LogP contribution in [0.2, 0.25) is 0 Å². The first-order chi connectivity index (χ1) is 7.27. The molecule has 3 nitrogen and oxygen atoms in total. The summed E-state index contributed by atoms with van der Waals surface area (Å²) >= 11 is 3.68. The van der Waals surface area contributed by atoms with Crippen molar-refractivity contribution < 1.29 is 4.79 Å². The van der Waals surface area contributed by atoms with Crippen molar-refractivity contribution >= 4 is 39.8 Å². The zero-order chi connectivity index (χ0) is 10.7. The van der Waals surface area contributed by atoms with Crippen LogP contribution in [-0.2, 0) is 0 Å². The van der Waals surface area contributed by atoms with E-state index in [9.17, 15) is 4.79 Å². The fraction of sp³-hybridized carbons (Fsp3) is 0.600. The number of hydrogen-bond acceptors (Lipinski definition) is 3. The molecule has 0 saturated carbocycles. The van der Waals surface area contributed by atoms with Crippen molar-refractivity contribution in [3.8, 4) is 0 Å². The Morgan fingerprint density at radius 2 is 2.00 bits per heavy atom. The summed E-state index contributed by atoms with van der Waals surface area (Å²) in [5.74, 6) is 0.107. The molecular weight excluding hydrogens is 323 g/mol. The molecule has 1 saturated heterocycles. The van der Waals surface area contributed by atoms with Gasteiger partial charge in [0, 0.05) is 18.5 Å². The van der Waals surface area contributed by atoms with Crippen LogP contribution in [0.15, 0.2) is 5.38 Å². The molecule has 0 bridgehead atoms. The van der Waals surface area contributed by atoms with Crippen molar-refractivity contribution in [2.45, 2.75) is 25.7 Å². The standard InChI is InChI=1S/C10H13IN2OS/c11-10-12-8(7-15-10)9(14)13-5-3-1-2-4-6-13/h7H,1-6H2. The minimum atomic E-state index is 0.107. The summed E-state index contributed by atoms with van der Waals surface area (Å²) in [6.07, 6.45) is 4.76. The van der Waals surface area contributed by atoms with Gasteiger partial charge in [0.2, 0.25) is 0 Å². The van der Waals surface area contributed by atoms with Gasteiger partial charge in [0.25, 0.3) is 5.91 Å². The van der Waals surface area contributed by atoms with Crippen LogP contribution in [0.1, 0.15) is 36.2 Å². The maximum Gasteiger partial charge on any atom is 0.273 e. The summed E-state index contributed by atoms with van der Waals surface area (Å²) in [5.41, 5.74) is 0.617. The molecule has 1 aromatic rings. The van der Waals surface area contributed by atoms with Crippen LogP contribution in [-0.4, -0.2) is 28.9 Å². The maximum absolute atomic E-state index is 12.0. The molecule has 0 aliphatic carbocycles. The third-order valence-corrected chi connectivity index (χ3v) is 4.22. The van der Waals surface area contributed by atoms with Gasteiger partial charge in [0.05, 0.1) is 0 Å². The van der Waals surface area contributed by atoms with E-state index in [1.54, 1.807) is 0 Å². The second kappa shape index (κ2) is 5.25. The van der Waals surface area contributed by atoms with Crippen LogP contribution in [0.4, 0.5) is 0 Å². The fourth-order valence-electron chi connectivity index (χ4n) is 1.79. The van der Waals surface area contributed by atoms with Gasteiger partial charge in [-0.2, -0.15) is 0 Å². The van der Waals surface area contributed by atoms with Crippen LogP contribution in [0.3, 0.4) is 0 Å². The maximum atomic E-state index is 12.0. The molecule has 2 rings (SSSR count). The van der Waals surface area contributed by atoms with E-state index >= 15 is 0 Å². The SMILES string of the molecule is O=C(c1csc(I)n1)N1CCCCCC1. The zero-order valence-electron chi connectivity index (χ0n) is 8.41. The number of likely N-dealkylation sites (tertiary alicyclic amines) is 1. The number of aromatic nitrogens is 1. The fourth-order valence-corrected chi connectivity index (χ4v) is 2.94. The number of amides is 1. The number of carbonyl (C=O) groups is 1. The number of hydrogen-bond donors (Lipinski definition) is 0. The number of halogens is 1. The summed E-state index contributed by atoms with van der Waals surface area (Å²) < 4.78 is 0.936. The minimum absolute atomic E-state index is 0.107. The smallest absolute Gasteiger partial charge is 0.273 e. The Balaban J connectivity index is 2.06. The van der Waals surface area contributed by atoms with Gasteiger partial charge in [0.1, 0.15) is 5.69 Å². The Labute approximate surface area is 107 Å². The molecule has 1 aliphatic rings. The highest BCUT2D eigenvalue weighted by atomic mass is 127. The molecule has 1 amide bonds. The number of carbonyl (C=O) groups excluding carboxylic acids is 1. The Morgan fingerprint density at radius 3 is 2.53 bits per heavy atom. The van der Waals surface area contributed by atoms with E-state index < -0.39 is 0 Å². The first-order valence-electron chi connectivity index (χ1n) is 5.17. The molecule has 15 heavy (non-hydrogen) atoms. The summed E-state index contributed by atoms with van der Waals surface area (Å²) in [4.78, 5) is 18.2. The van der Waals surface area contributed by atoms with Crippen molar-refractivity contribution in [1.29, 1.82) is 0 Å². The number of rotatable bonds is 1. The van der Waals surface area contributed by atoms with Gasteiger partial charge < -0.3 is 4.90 Å². The van der Waals surface area contributed by atoms with E-state index in [0.29, 0.717) is 5.69 Å².